The number of amides is 1. The van der Waals surface area contributed by atoms with Gasteiger partial charge in [0.25, 0.3) is 5.91 Å². The quantitative estimate of drug-likeness (QED) is 0.873. The van der Waals surface area contributed by atoms with Crippen molar-refractivity contribution in [2.75, 3.05) is 6.54 Å². The van der Waals surface area contributed by atoms with E-state index in [2.05, 4.69) is 4.98 Å². The van der Waals surface area contributed by atoms with Gasteiger partial charge in [-0.05, 0) is 20.8 Å². The Hall–Kier alpha value is -1.85. The minimum atomic E-state index is -0.915. The molecule has 1 aromatic rings. The standard InChI is InChI=1S/C12H19N3O3/c1-12(2,3)15(6-5-10(16)17)11(18)9-7-13-8-14(9)4/h7-8H,5-6H2,1-4H3,(H,16,17). The van der Waals surface area contributed by atoms with Gasteiger partial charge in [0, 0.05) is 19.1 Å². The average Bonchev–Trinajstić information content (AvgIpc) is 2.61. The van der Waals surface area contributed by atoms with E-state index in [1.54, 1.807) is 22.8 Å². The third-order valence-corrected chi connectivity index (χ3v) is 2.64. The van der Waals surface area contributed by atoms with Crippen LogP contribution in [0.3, 0.4) is 0 Å². The number of aliphatic carboxylic acids is 1. The summed E-state index contributed by atoms with van der Waals surface area (Å²) in [5.41, 5.74) is 0.0203. The van der Waals surface area contributed by atoms with Crippen LogP contribution >= 0.6 is 0 Å². The van der Waals surface area contributed by atoms with E-state index in [0.717, 1.165) is 0 Å². The van der Waals surface area contributed by atoms with Crippen LogP contribution in [-0.4, -0.2) is 43.5 Å². The molecule has 1 heterocycles. The largest absolute Gasteiger partial charge is 0.481 e. The maximum Gasteiger partial charge on any atom is 0.305 e. The van der Waals surface area contributed by atoms with Gasteiger partial charge in [0.1, 0.15) is 5.69 Å². The van der Waals surface area contributed by atoms with E-state index in [1.165, 1.54) is 6.20 Å². The van der Waals surface area contributed by atoms with Crippen LogP contribution in [0.1, 0.15) is 37.7 Å². The number of carboxylic acid groups (broad SMARTS) is 1. The van der Waals surface area contributed by atoms with Crippen molar-refractivity contribution in [1.29, 1.82) is 0 Å². The summed E-state index contributed by atoms with van der Waals surface area (Å²) in [5.74, 6) is -1.12. The van der Waals surface area contributed by atoms with Crippen molar-refractivity contribution < 1.29 is 14.7 Å². The molecule has 1 amide bonds. The van der Waals surface area contributed by atoms with Crippen LogP contribution < -0.4 is 0 Å². The summed E-state index contributed by atoms with van der Waals surface area (Å²) < 4.78 is 1.63. The van der Waals surface area contributed by atoms with Gasteiger partial charge in [0.05, 0.1) is 18.9 Å². The molecule has 1 N–H and O–H groups in total. The van der Waals surface area contributed by atoms with Crippen LogP contribution in [0.2, 0.25) is 0 Å². The number of carbonyl (C=O) groups is 2. The van der Waals surface area contributed by atoms with Crippen LogP contribution in [0.5, 0.6) is 0 Å². The molecule has 0 atom stereocenters. The first kappa shape index (κ1) is 14.2. The second kappa shape index (κ2) is 5.20. The smallest absolute Gasteiger partial charge is 0.305 e. The molecule has 0 aromatic carbocycles. The lowest BCUT2D eigenvalue weighted by Gasteiger charge is -2.35. The zero-order valence-corrected chi connectivity index (χ0v) is 11.2. The lowest BCUT2D eigenvalue weighted by atomic mass is 10.0. The summed E-state index contributed by atoms with van der Waals surface area (Å²) in [5, 5.41) is 8.74. The van der Waals surface area contributed by atoms with E-state index in [0.29, 0.717) is 5.69 Å². The lowest BCUT2D eigenvalue weighted by Crippen LogP contribution is -2.47. The van der Waals surface area contributed by atoms with Gasteiger partial charge < -0.3 is 14.6 Å². The van der Waals surface area contributed by atoms with E-state index in [-0.39, 0.29) is 18.9 Å². The van der Waals surface area contributed by atoms with E-state index in [4.69, 9.17) is 5.11 Å². The number of aryl methyl sites for hydroxylation is 1. The Morgan fingerprint density at radius 3 is 2.44 bits per heavy atom. The highest BCUT2D eigenvalue weighted by Gasteiger charge is 2.29. The molecule has 6 nitrogen and oxygen atoms in total. The zero-order valence-electron chi connectivity index (χ0n) is 11.2. The van der Waals surface area contributed by atoms with Crippen LogP contribution in [0.4, 0.5) is 0 Å². The maximum atomic E-state index is 12.4. The fraction of sp³-hybridized carbons (Fsp3) is 0.583. The van der Waals surface area contributed by atoms with Crippen molar-refractivity contribution in [1.82, 2.24) is 14.5 Å². The van der Waals surface area contributed by atoms with E-state index >= 15 is 0 Å². The molecule has 0 radical (unpaired) electrons. The van der Waals surface area contributed by atoms with Crippen molar-refractivity contribution in [2.45, 2.75) is 32.7 Å². The summed E-state index contributed by atoms with van der Waals surface area (Å²) in [4.78, 5) is 28.5. The predicted molar refractivity (Wildman–Crippen MR) is 66.3 cm³/mol. The number of hydrogen-bond acceptors (Lipinski definition) is 3. The summed E-state index contributed by atoms with van der Waals surface area (Å²) >= 11 is 0. The maximum absolute atomic E-state index is 12.4. The molecule has 0 fully saturated rings. The SMILES string of the molecule is Cn1cncc1C(=O)N(CCC(=O)O)C(C)(C)C. The summed E-state index contributed by atoms with van der Waals surface area (Å²) in [6.45, 7) is 5.82. The second-order valence-electron chi connectivity index (χ2n) is 5.16. The summed E-state index contributed by atoms with van der Waals surface area (Å²) in [7, 11) is 1.73. The molecule has 0 spiro atoms. The normalized spacial score (nSPS) is 11.3. The van der Waals surface area contributed by atoms with Crippen LogP contribution in [0.15, 0.2) is 12.5 Å². The zero-order chi connectivity index (χ0) is 13.9. The highest BCUT2D eigenvalue weighted by molar-refractivity contribution is 5.93. The highest BCUT2D eigenvalue weighted by atomic mass is 16.4. The molecule has 1 aromatic heterocycles. The monoisotopic (exact) mass is 253 g/mol. The fourth-order valence-corrected chi connectivity index (χ4v) is 1.65. The number of aromatic nitrogens is 2. The Morgan fingerprint density at radius 1 is 1.44 bits per heavy atom. The van der Waals surface area contributed by atoms with E-state index < -0.39 is 11.5 Å². The summed E-state index contributed by atoms with van der Waals surface area (Å²) in [6, 6.07) is 0. The van der Waals surface area contributed by atoms with Crippen molar-refractivity contribution in [3.63, 3.8) is 0 Å². The molecule has 0 aliphatic rings. The van der Waals surface area contributed by atoms with Gasteiger partial charge in [0.15, 0.2) is 0 Å². The van der Waals surface area contributed by atoms with Gasteiger partial charge in [-0.25, -0.2) is 4.98 Å². The Labute approximate surface area is 106 Å². The molecule has 0 aliphatic carbocycles. The van der Waals surface area contributed by atoms with Gasteiger partial charge in [-0.15, -0.1) is 0 Å². The van der Waals surface area contributed by atoms with Gasteiger partial charge in [-0.1, -0.05) is 0 Å². The van der Waals surface area contributed by atoms with Crippen LogP contribution in [0.25, 0.3) is 0 Å². The first-order valence-corrected chi connectivity index (χ1v) is 5.73. The number of hydrogen-bond donors (Lipinski definition) is 1. The number of carbonyl (C=O) groups excluding carboxylic acids is 1. The Balaban J connectivity index is 2.94. The molecule has 0 bridgehead atoms. The van der Waals surface area contributed by atoms with Crippen molar-refractivity contribution >= 4 is 11.9 Å². The number of carboxylic acids is 1. The van der Waals surface area contributed by atoms with Crippen LogP contribution in [-0.2, 0) is 11.8 Å². The van der Waals surface area contributed by atoms with E-state index in [9.17, 15) is 9.59 Å². The third kappa shape index (κ3) is 3.32. The molecule has 6 heteroatoms. The van der Waals surface area contributed by atoms with Crippen molar-refractivity contribution in [2.24, 2.45) is 7.05 Å². The molecule has 100 valence electrons. The van der Waals surface area contributed by atoms with Crippen molar-refractivity contribution in [3.8, 4) is 0 Å². The average molecular weight is 253 g/mol. The second-order valence-corrected chi connectivity index (χ2v) is 5.16. The highest BCUT2D eigenvalue weighted by Crippen LogP contribution is 2.17. The molecule has 1 rings (SSSR count). The Kier molecular flexibility index (Phi) is 4.11. The van der Waals surface area contributed by atoms with Gasteiger partial charge in [0.2, 0.25) is 0 Å². The molecular formula is C12H19N3O3. The predicted octanol–water partition coefficient (Wildman–Crippen LogP) is 1.14. The molecule has 18 heavy (non-hydrogen) atoms. The Morgan fingerprint density at radius 2 is 2.06 bits per heavy atom. The minimum Gasteiger partial charge on any atom is -0.481 e. The number of rotatable bonds is 4. The molecule has 0 unspecified atom stereocenters. The van der Waals surface area contributed by atoms with Gasteiger partial charge in [-0.3, -0.25) is 9.59 Å². The molecule has 0 aliphatic heterocycles. The van der Waals surface area contributed by atoms with Gasteiger partial charge in [-0.2, -0.15) is 0 Å². The first-order valence-electron chi connectivity index (χ1n) is 5.73. The van der Waals surface area contributed by atoms with E-state index in [1.807, 2.05) is 20.8 Å². The lowest BCUT2D eigenvalue weighted by molar-refractivity contribution is -0.137. The molecule has 0 saturated heterocycles. The summed E-state index contributed by atoms with van der Waals surface area (Å²) in [6.07, 6.45) is 2.97. The van der Waals surface area contributed by atoms with Crippen molar-refractivity contribution in [3.05, 3.63) is 18.2 Å². The number of imidazole rings is 1. The fourth-order valence-electron chi connectivity index (χ4n) is 1.65. The topological polar surface area (TPSA) is 75.4 Å². The molecule has 0 saturated carbocycles. The molecular weight excluding hydrogens is 234 g/mol. The Bertz CT molecular complexity index is 446. The third-order valence-electron chi connectivity index (χ3n) is 2.64. The number of nitrogens with zero attached hydrogens (tertiary/aromatic N) is 3. The minimum absolute atomic E-state index is 0.0686. The van der Waals surface area contributed by atoms with Gasteiger partial charge >= 0.3 is 5.97 Å². The van der Waals surface area contributed by atoms with Crippen LogP contribution in [0, 0.1) is 0 Å². The first-order chi connectivity index (χ1) is 8.23.